The number of methoxy groups -OCH3 is 1. The van der Waals surface area contributed by atoms with Crippen LogP contribution in [-0.2, 0) is 14.4 Å². The molecule has 46 heavy (non-hydrogen) atoms. The molecule has 11 heteroatoms. The van der Waals surface area contributed by atoms with E-state index in [2.05, 4.69) is 15.6 Å². The van der Waals surface area contributed by atoms with Crippen molar-refractivity contribution in [2.24, 2.45) is 5.41 Å². The second-order valence-electron chi connectivity index (χ2n) is 11.2. The normalized spacial score (nSPS) is 13.1. The minimum absolute atomic E-state index is 0.0873. The van der Waals surface area contributed by atoms with Gasteiger partial charge in [0.1, 0.15) is 22.8 Å². The number of carbonyl (C=O) groups excluding carboxylic acids is 3. The fourth-order valence-corrected chi connectivity index (χ4v) is 5.00. The van der Waals surface area contributed by atoms with Gasteiger partial charge in [0.25, 0.3) is 0 Å². The van der Waals surface area contributed by atoms with Gasteiger partial charge in [-0.25, -0.2) is 8.78 Å². The summed E-state index contributed by atoms with van der Waals surface area (Å²) in [5.74, 6) is -0.817. The number of hydrogen-bond donors (Lipinski definition) is 2. The largest absolute Gasteiger partial charge is 0.493 e. The molecule has 2 amide bonds. The van der Waals surface area contributed by atoms with Crippen molar-refractivity contribution < 1.29 is 37.4 Å². The minimum Gasteiger partial charge on any atom is -0.493 e. The lowest BCUT2D eigenvalue weighted by Crippen LogP contribution is -2.35. The van der Waals surface area contributed by atoms with Gasteiger partial charge < -0.3 is 24.8 Å². The maximum absolute atomic E-state index is 15.2. The molecule has 240 valence electrons. The van der Waals surface area contributed by atoms with E-state index in [-0.39, 0.29) is 17.2 Å². The van der Waals surface area contributed by atoms with Gasteiger partial charge in [0.05, 0.1) is 19.2 Å². The Morgan fingerprint density at radius 3 is 2.22 bits per heavy atom. The van der Waals surface area contributed by atoms with E-state index in [0.29, 0.717) is 72.5 Å². The van der Waals surface area contributed by atoms with Crippen LogP contribution >= 0.6 is 0 Å². The monoisotopic (exact) mass is 631 g/mol. The van der Waals surface area contributed by atoms with E-state index in [4.69, 9.17) is 14.2 Å². The molecule has 5 rings (SSSR count). The van der Waals surface area contributed by atoms with Crippen molar-refractivity contribution in [3.05, 3.63) is 78.5 Å². The standard InChI is InChI=1S/C35H35F2N3O6/c1-3-6-25(41)7-4-5-18-45-32-20-26-28(21-31(32)44-2)38-17-14-29(26)46-30-13-12-24(19-27(30)37)40-34(43)35(15-16-35)33(42)39-23-10-8-22(36)9-11-23/h8-14,17,19-21H,3-7,15-16,18H2,1-2H3,(H,39,42)(H,40,43). The molecule has 1 saturated carbocycles. The lowest BCUT2D eigenvalue weighted by Gasteiger charge is -2.16. The van der Waals surface area contributed by atoms with Gasteiger partial charge in [-0.1, -0.05) is 6.92 Å². The number of pyridine rings is 1. The maximum Gasteiger partial charge on any atom is 0.240 e. The third-order valence-corrected chi connectivity index (χ3v) is 7.75. The summed E-state index contributed by atoms with van der Waals surface area (Å²) < 4.78 is 45.8. The predicted octanol–water partition coefficient (Wildman–Crippen LogP) is 7.59. The summed E-state index contributed by atoms with van der Waals surface area (Å²) in [5.41, 5.74) is -0.213. The summed E-state index contributed by atoms with van der Waals surface area (Å²) in [6.07, 6.45) is 5.57. The molecule has 1 aliphatic rings. The Morgan fingerprint density at radius 2 is 1.54 bits per heavy atom. The highest BCUT2D eigenvalue weighted by molar-refractivity contribution is 6.16. The second kappa shape index (κ2) is 14.4. The van der Waals surface area contributed by atoms with Crippen LogP contribution < -0.4 is 24.8 Å². The van der Waals surface area contributed by atoms with E-state index in [1.807, 2.05) is 6.92 Å². The molecular formula is C35H35F2N3O6. The first-order valence-corrected chi connectivity index (χ1v) is 15.2. The first-order chi connectivity index (χ1) is 22.2. The molecule has 0 unspecified atom stereocenters. The highest BCUT2D eigenvalue weighted by Crippen LogP contribution is 2.47. The van der Waals surface area contributed by atoms with Crippen LogP contribution in [0.2, 0.25) is 0 Å². The molecule has 0 radical (unpaired) electrons. The maximum atomic E-state index is 15.2. The molecule has 0 spiro atoms. The SMILES string of the molecule is CCCC(=O)CCCCOc1cc2c(Oc3ccc(NC(=O)C4(C(=O)Nc5ccc(F)cc5)CC4)cc3F)ccnc2cc1OC. The Balaban J connectivity index is 1.25. The van der Waals surface area contributed by atoms with Gasteiger partial charge in [0, 0.05) is 47.9 Å². The number of hydrogen-bond acceptors (Lipinski definition) is 7. The summed E-state index contributed by atoms with van der Waals surface area (Å²) in [6.45, 7) is 2.37. The molecule has 2 N–H and O–H groups in total. The Bertz CT molecular complexity index is 1740. The molecule has 0 saturated heterocycles. The van der Waals surface area contributed by atoms with E-state index in [9.17, 15) is 18.8 Å². The van der Waals surface area contributed by atoms with Crippen molar-refractivity contribution in [2.75, 3.05) is 24.4 Å². The minimum atomic E-state index is -1.29. The number of fused-ring (bicyclic) bond motifs is 1. The van der Waals surface area contributed by atoms with E-state index in [0.717, 1.165) is 18.9 Å². The number of nitrogens with one attached hydrogen (secondary N) is 2. The number of halogens is 2. The number of unbranched alkanes of at least 4 members (excludes halogenated alkanes) is 1. The third kappa shape index (κ3) is 7.59. The topological polar surface area (TPSA) is 116 Å². The second-order valence-corrected chi connectivity index (χ2v) is 11.2. The van der Waals surface area contributed by atoms with E-state index < -0.39 is 28.9 Å². The Morgan fingerprint density at radius 1 is 0.826 bits per heavy atom. The van der Waals surface area contributed by atoms with Crippen molar-refractivity contribution in [1.82, 2.24) is 4.98 Å². The van der Waals surface area contributed by atoms with Crippen LogP contribution in [0.4, 0.5) is 20.2 Å². The van der Waals surface area contributed by atoms with Crippen LogP contribution in [-0.4, -0.2) is 36.3 Å². The van der Waals surface area contributed by atoms with Gasteiger partial charge >= 0.3 is 0 Å². The first kappa shape index (κ1) is 32.3. The molecule has 9 nitrogen and oxygen atoms in total. The molecule has 1 fully saturated rings. The average molecular weight is 632 g/mol. The first-order valence-electron chi connectivity index (χ1n) is 15.2. The highest BCUT2D eigenvalue weighted by Gasteiger charge is 2.56. The molecule has 1 aliphatic carbocycles. The van der Waals surface area contributed by atoms with Crippen LogP contribution in [0.1, 0.15) is 51.9 Å². The average Bonchev–Trinajstić information content (AvgIpc) is 3.86. The van der Waals surface area contributed by atoms with Crippen molar-refractivity contribution in [3.8, 4) is 23.0 Å². The molecule has 0 atom stereocenters. The number of aromatic nitrogens is 1. The number of benzene rings is 3. The third-order valence-electron chi connectivity index (χ3n) is 7.75. The molecule has 1 aromatic heterocycles. The van der Waals surface area contributed by atoms with Gasteiger partial charge in [-0.3, -0.25) is 19.4 Å². The molecule has 0 bridgehead atoms. The summed E-state index contributed by atoms with van der Waals surface area (Å²) in [5, 5.41) is 5.84. The number of nitrogens with zero attached hydrogens (tertiary/aromatic N) is 1. The van der Waals surface area contributed by atoms with Gasteiger partial charge in [0.2, 0.25) is 11.8 Å². The van der Waals surface area contributed by atoms with Crippen LogP contribution in [0.3, 0.4) is 0 Å². The fourth-order valence-electron chi connectivity index (χ4n) is 5.00. The molecule has 0 aliphatic heterocycles. The zero-order chi connectivity index (χ0) is 32.7. The van der Waals surface area contributed by atoms with Gasteiger partial charge in [0.15, 0.2) is 23.1 Å². The zero-order valence-corrected chi connectivity index (χ0v) is 25.7. The highest BCUT2D eigenvalue weighted by atomic mass is 19.1. The van der Waals surface area contributed by atoms with E-state index in [1.54, 1.807) is 18.2 Å². The number of anilines is 2. The van der Waals surface area contributed by atoms with Gasteiger partial charge in [-0.2, -0.15) is 0 Å². The number of amides is 2. The smallest absolute Gasteiger partial charge is 0.240 e. The predicted molar refractivity (Wildman–Crippen MR) is 169 cm³/mol. The molecule has 4 aromatic rings. The van der Waals surface area contributed by atoms with Crippen molar-refractivity contribution in [3.63, 3.8) is 0 Å². The molecular weight excluding hydrogens is 596 g/mol. The lowest BCUT2D eigenvalue weighted by atomic mass is 10.0. The van der Waals surface area contributed by atoms with Crippen LogP contribution in [0.15, 0.2) is 66.9 Å². The number of Topliss-reactive ketones (excluding diaryl/α,β-unsaturated/α-hetero) is 1. The summed E-state index contributed by atoms with van der Waals surface area (Å²) in [7, 11) is 1.52. The Hall–Kier alpha value is -5.06. The van der Waals surface area contributed by atoms with Crippen LogP contribution in [0.5, 0.6) is 23.0 Å². The van der Waals surface area contributed by atoms with Gasteiger partial charge in [-0.05, 0) is 80.6 Å². The number of ether oxygens (including phenoxy) is 3. The van der Waals surface area contributed by atoms with Crippen LogP contribution in [0, 0.1) is 17.0 Å². The summed E-state index contributed by atoms with van der Waals surface area (Å²) in [6, 6.07) is 14.3. The van der Waals surface area contributed by atoms with Gasteiger partial charge in [-0.15, -0.1) is 0 Å². The van der Waals surface area contributed by atoms with Crippen molar-refractivity contribution in [1.29, 1.82) is 0 Å². The Labute approximate surface area is 265 Å². The number of ketones is 1. The number of carbonyl (C=O) groups is 3. The lowest BCUT2D eigenvalue weighted by molar-refractivity contribution is -0.131. The van der Waals surface area contributed by atoms with Crippen molar-refractivity contribution >= 4 is 39.9 Å². The number of rotatable bonds is 15. The summed E-state index contributed by atoms with van der Waals surface area (Å²) >= 11 is 0. The Kier molecular flexibility index (Phi) is 10.1. The quantitative estimate of drug-likeness (QED) is 0.103. The van der Waals surface area contributed by atoms with Crippen LogP contribution in [0.25, 0.3) is 10.9 Å². The van der Waals surface area contributed by atoms with E-state index in [1.165, 1.54) is 49.7 Å². The van der Waals surface area contributed by atoms with E-state index >= 15 is 4.39 Å². The molecule has 1 heterocycles. The zero-order valence-electron chi connectivity index (χ0n) is 25.7. The molecule has 3 aromatic carbocycles. The fraction of sp³-hybridized carbons (Fsp3) is 0.314. The summed E-state index contributed by atoms with van der Waals surface area (Å²) in [4.78, 5) is 42.0. The van der Waals surface area contributed by atoms with Crippen molar-refractivity contribution in [2.45, 2.75) is 51.9 Å².